The fourth-order valence-corrected chi connectivity index (χ4v) is 2.78. The predicted molar refractivity (Wildman–Crippen MR) is 103 cm³/mol. The zero-order chi connectivity index (χ0) is 21.7. The van der Waals surface area contributed by atoms with Crippen LogP contribution in [0.1, 0.15) is 35.0 Å². The van der Waals surface area contributed by atoms with Gasteiger partial charge in [-0.3, -0.25) is 4.79 Å². The van der Waals surface area contributed by atoms with Crippen molar-refractivity contribution < 1.29 is 18.0 Å². The molecule has 0 bridgehead atoms. The molecule has 1 amide bonds. The van der Waals surface area contributed by atoms with Crippen LogP contribution in [-0.4, -0.2) is 43.5 Å². The largest absolute Gasteiger partial charge is 0.419 e. The lowest BCUT2D eigenvalue weighted by atomic mass is 10.1. The lowest BCUT2D eigenvalue weighted by Gasteiger charge is -2.16. The molecule has 0 unspecified atom stereocenters. The maximum absolute atomic E-state index is 12.8. The Morgan fingerprint density at radius 1 is 1.20 bits per heavy atom. The van der Waals surface area contributed by atoms with E-state index in [1.54, 1.807) is 24.3 Å². The Bertz CT molecular complexity index is 1010. The number of hydrogen-bond donors (Lipinski definition) is 2. The lowest BCUT2D eigenvalue weighted by molar-refractivity contribution is -0.138. The van der Waals surface area contributed by atoms with Crippen molar-refractivity contribution in [3.05, 3.63) is 59.7 Å². The van der Waals surface area contributed by atoms with Gasteiger partial charge in [-0.1, -0.05) is 12.1 Å². The number of rotatable bonds is 7. The second-order valence-corrected chi connectivity index (χ2v) is 6.62. The van der Waals surface area contributed by atoms with Crippen molar-refractivity contribution in [3.8, 4) is 5.69 Å². The Morgan fingerprint density at radius 2 is 1.90 bits per heavy atom. The molecule has 0 fully saturated rings. The maximum Gasteiger partial charge on any atom is 0.419 e. The normalized spacial score (nSPS) is 12.4. The van der Waals surface area contributed by atoms with Gasteiger partial charge in [0.25, 0.3) is 5.91 Å². The van der Waals surface area contributed by atoms with Gasteiger partial charge in [0, 0.05) is 18.8 Å². The molecule has 2 aromatic heterocycles. The SMILES string of the molecule is Cc1nc(NCC[C@@H](C)NC(=O)c2ccccc2-n2nccn2)ncc1C(F)(F)F. The molecule has 1 atom stereocenters. The third-order valence-electron chi connectivity index (χ3n) is 4.31. The highest BCUT2D eigenvalue weighted by Gasteiger charge is 2.33. The fraction of sp³-hybridized carbons (Fsp3) is 0.316. The molecule has 3 aromatic rings. The predicted octanol–water partition coefficient (Wildman–Crippen LogP) is 3.01. The molecule has 0 saturated heterocycles. The number of halogens is 3. The minimum atomic E-state index is -4.48. The first-order chi connectivity index (χ1) is 14.3. The summed E-state index contributed by atoms with van der Waals surface area (Å²) in [7, 11) is 0. The van der Waals surface area contributed by atoms with E-state index < -0.39 is 11.7 Å². The van der Waals surface area contributed by atoms with E-state index in [9.17, 15) is 18.0 Å². The highest BCUT2D eigenvalue weighted by molar-refractivity contribution is 5.97. The van der Waals surface area contributed by atoms with Crippen molar-refractivity contribution >= 4 is 11.9 Å². The van der Waals surface area contributed by atoms with Gasteiger partial charge < -0.3 is 10.6 Å². The van der Waals surface area contributed by atoms with Crippen LogP contribution in [0.4, 0.5) is 19.1 Å². The van der Waals surface area contributed by atoms with Crippen LogP contribution in [0.15, 0.2) is 42.9 Å². The summed E-state index contributed by atoms with van der Waals surface area (Å²) in [5, 5.41) is 13.9. The lowest BCUT2D eigenvalue weighted by Crippen LogP contribution is -2.34. The molecule has 0 aliphatic heterocycles. The standard InChI is InChI=1S/C19H20F3N7O/c1-12(7-8-23-18-24-11-15(13(2)28-18)19(20,21)22)27-17(30)14-5-3-4-6-16(14)29-25-9-10-26-29/h3-6,9-12H,7-8H2,1-2H3,(H,27,30)(H,23,24,28)/t12-/m1/s1. The molecule has 3 rings (SSSR count). The van der Waals surface area contributed by atoms with Crippen molar-refractivity contribution in [1.82, 2.24) is 30.3 Å². The van der Waals surface area contributed by atoms with Crippen LogP contribution >= 0.6 is 0 Å². The van der Waals surface area contributed by atoms with E-state index >= 15 is 0 Å². The molecular formula is C19H20F3N7O. The number of nitrogens with one attached hydrogen (secondary N) is 2. The Morgan fingerprint density at radius 3 is 2.57 bits per heavy atom. The summed E-state index contributed by atoms with van der Waals surface area (Å²) in [5.74, 6) is -0.175. The van der Waals surface area contributed by atoms with Gasteiger partial charge >= 0.3 is 6.18 Å². The van der Waals surface area contributed by atoms with Gasteiger partial charge in [0.2, 0.25) is 5.95 Å². The van der Waals surface area contributed by atoms with E-state index in [2.05, 4.69) is 30.8 Å². The molecule has 0 radical (unpaired) electrons. The first-order valence-corrected chi connectivity index (χ1v) is 9.17. The number of para-hydroxylation sites is 1. The van der Waals surface area contributed by atoms with Crippen molar-refractivity contribution in [2.24, 2.45) is 0 Å². The Kier molecular flexibility index (Phi) is 6.28. The zero-order valence-corrected chi connectivity index (χ0v) is 16.3. The van der Waals surface area contributed by atoms with E-state index in [1.165, 1.54) is 24.1 Å². The van der Waals surface area contributed by atoms with Crippen LogP contribution in [-0.2, 0) is 6.18 Å². The number of nitrogens with zero attached hydrogens (tertiary/aromatic N) is 5. The van der Waals surface area contributed by atoms with E-state index in [0.717, 1.165) is 6.20 Å². The number of carbonyl (C=O) groups excluding carboxylic acids is 1. The Balaban J connectivity index is 1.55. The van der Waals surface area contributed by atoms with Crippen LogP contribution in [0, 0.1) is 6.92 Å². The quantitative estimate of drug-likeness (QED) is 0.611. The second kappa shape index (κ2) is 8.89. The number of aryl methyl sites for hydroxylation is 1. The maximum atomic E-state index is 12.8. The van der Waals surface area contributed by atoms with Crippen LogP contribution in [0.25, 0.3) is 5.69 Å². The van der Waals surface area contributed by atoms with Gasteiger partial charge in [-0.15, -0.1) is 0 Å². The molecule has 0 saturated carbocycles. The summed E-state index contributed by atoms with van der Waals surface area (Å²) in [4.78, 5) is 21.6. The Labute approximate surface area is 170 Å². The fourth-order valence-electron chi connectivity index (χ4n) is 2.78. The molecule has 158 valence electrons. The van der Waals surface area contributed by atoms with E-state index in [0.29, 0.717) is 24.2 Å². The summed E-state index contributed by atoms with van der Waals surface area (Å²) < 4.78 is 38.3. The average Bonchev–Trinajstić information content (AvgIpc) is 3.21. The molecule has 0 aliphatic carbocycles. The molecule has 0 aliphatic rings. The number of hydrogen-bond acceptors (Lipinski definition) is 6. The number of anilines is 1. The number of benzene rings is 1. The van der Waals surface area contributed by atoms with E-state index in [1.807, 2.05) is 6.92 Å². The minimum Gasteiger partial charge on any atom is -0.354 e. The first kappa shape index (κ1) is 21.2. The highest BCUT2D eigenvalue weighted by atomic mass is 19.4. The zero-order valence-electron chi connectivity index (χ0n) is 16.3. The molecule has 2 heterocycles. The molecule has 11 heteroatoms. The van der Waals surface area contributed by atoms with Crippen molar-refractivity contribution in [1.29, 1.82) is 0 Å². The highest BCUT2D eigenvalue weighted by Crippen LogP contribution is 2.30. The van der Waals surface area contributed by atoms with E-state index in [-0.39, 0.29) is 23.6 Å². The van der Waals surface area contributed by atoms with Gasteiger partial charge in [-0.2, -0.15) is 28.2 Å². The molecular weight excluding hydrogens is 399 g/mol. The van der Waals surface area contributed by atoms with Crippen molar-refractivity contribution in [2.75, 3.05) is 11.9 Å². The van der Waals surface area contributed by atoms with Gasteiger partial charge in [0.15, 0.2) is 0 Å². The average molecular weight is 419 g/mol. The van der Waals surface area contributed by atoms with E-state index in [4.69, 9.17) is 0 Å². The monoisotopic (exact) mass is 419 g/mol. The molecule has 8 nitrogen and oxygen atoms in total. The minimum absolute atomic E-state index is 0.106. The van der Waals surface area contributed by atoms with Gasteiger partial charge in [0.05, 0.1) is 34.9 Å². The summed E-state index contributed by atoms with van der Waals surface area (Å²) in [6.07, 6.45) is -0.168. The van der Waals surface area contributed by atoms with Crippen LogP contribution in [0.5, 0.6) is 0 Å². The summed E-state index contributed by atoms with van der Waals surface area (Å²) >= 11 is 0. The van der Waals surface area contributed by atoms with Gasteiger partial charge in [-0.05, 0) is 32.4 Å². The van der Waals surface area contributed by atoms with Crippen LogP contribution in [0.2, 0.25) is 0 Å². The third-order valence-corrected chi connectivity index (χ3v) is 4.31. The topological polar surface area (TPSA) is 97.6 Å². The number of aromatic nitrogens is 5. The first-order valence-electron chi connectivity index (χ1n) is 9.17. The van der Waals surface area contributed by atoms with Crippen LogP contribution in [0.3, 0.4) is 0 Å². The van der Waals surface area contributed by atoms with Gasteiger partial charge in [0.1, 0.15) is 0 Å². The van der Waals surface area contributed by atoms with Crippen LogP contribution < -0.4 is 10.6 Å². The smallest absolute Gasteiger partial charge is 0.354 e. The summed E-state index contributed by atoms with van der Waals surface area (Å²) in [6.45, 7) is 3.48. The molecule has 1 aromatic carbocycles. The second-order valence-electron chi connectivity index (χ2n) is 6.62. The van der Waals surface area contributed by atoms with Gasteiger partial charge in [-0.25, -0.2) is 9.97 Å². The summed E-state index contributed by atoms with van der Waals surface area (Å²) in [5.41, 5.74) is -0.0293. The van der Waals surface area contributed by atoms with Crippen molar-refractivity contribution in [2.45, 2.75) is 32.5 Å². The molecule has 2 N–H and O–H groups in total. The Hall–Kier alpha value is -3.50. The number of alkyl halides is 3. The third kappa shape index (κ3) is 5.10. The summed E-state index contributed by atoms with van der Waals surface area (Å²) in [6, 6.07) is 6.75. The molecule has 30 heavy (non-hydrogen) atoms. The van der Waals surface area contributed by atoms with Crippen molar-refractivity contribution in [3.63, 3.8) is 0 Å². The molecule has 0 spiro atoms. The number of carbonyl (C=O) groups is 1. The number of amides is 1.